The highest BCUT2D eigenvalue weighted by molar-refractivity contribution is 6.31. The molecule has 0 bridgehead atoms. The fraction of sp³-hybridized carbons (Fsp3) is 0.600. The fourth-order valence-corrected chi connectivity index (χ4v) is 1.51. The number of hydrogen-bond acceptors (Lipinski definition) is 3. The average molecular weight is 247 g/mol. The van der Waals surface area contributed by atoms with Crippen molar-refractivity contribution in [3.63, 3.8) is 0 Å². The number of nitrogens with zero attached hydrogens (tertiary/aromatic N) is 2. The lowest BCUT2D eigenvalue weighted by Gasteiger charge is -2.12. The van der Waals surface area contributed by atoms with Crippen LogP contribution in [0.1, 0.15) is 19.0 Å². The molecule has 0 aliphatic carbocycles. The smallest absolute Gasteiger partial charge is 0.332 e. The van der Waals surface area contributed by atoms with E-state index in [4.69, 9.17) is 21.4 Å². The third-order valence-corrected chi connectivity index (χ3v) is 2.66. The Morgan fingerprint density at radius 2 is 2.44 bits per heavy atom. The maximum atomic E-state index is 10.8. The van der Waals surface area contributed by atoms with Crippen molar-refractivity contribution in [3.8, 4) is 0 Å². The second-order valence-electron chi connectivity index (χ2n) is 3.37. The van der Waals surface area contributed by atoms with Crippen LogP contribution in [-0.2, 0) is 16.1 Å². The van der Waals surface area contributed by atoms with Crippen LogP contribution in [0.15, 0.2) is 6.20 Å². The van der Waals surface area contributed by atoms with Gasteiger partial charge in [0.05, 0.1) is 16.9 Å². The van der Waals surface area contributed by atoms with Crippen LogP contribution < -0.4 is 0 Å². The van der Waals surface area contributed by atoms with Crippen LogP contribution in [-0.4, -0.2) is 33.6 Å². The van der Waals surface area contributed by atoms with Gasteiger partial charge in [-0.3, -0.25) is 4.68 Å². The number of carboxylic acid groups (broad SMARTS) is 1. The van der Waals surface area contributed by atoms with Gasteiger partial charge in [-0.1, -0.05) is 11.6 Å². The standard InChI is InChI=1S/C10H15ClN2O3/c1-3-16-9(10(14)15)4-5-13-7(2)8(11)6-12-13/h6,9H,3-5H2,1-2H3,(H,14,15). The van der Waals surface area contributed by atoms with Gasteiger partial charge in [0, 0.05) is 19.6 Å². The summed E-state index contributed by atoms with van der Waals surface area (Å²) in [6.07, 6.45) is 1.14. The minimum absolute atomic E-state index is 0.377. The van der Waals surface area contributed by atoms with E-state index in [1.807, 2.05) is 6.92 Å². The highest BCUT2D eigenvalue weighted by Crippen LogP contribution is 2.14. The first-order valence-electron chi connectivity index (χ1n) is 5.08. The number of hydrogen-bond donors (Lipinski definition) is 1. The van der Waals surface area contributed by atoms with E-state index in [0.29, 0.717) is 24.6 Å². The largest absolute Gasteiger partial charge is 0.479 e. The first-order valence-corrected chi connectivity index (χ1v) is 5.46. The number of aliphatic carboxylic acids is 1. The summed E-state index contributed by atoms with van der Waals surface area (Å²) in [5.41, 5.74) is 0.835. The van der Waals surface area contributed by atoms with Crippen molar-refractivity contribution < 1.29 is 14.6 Å². The Morgan fingerprint density at radius 3 is 2.88 bits per heavy atom. The zero-order chi connectivity index (χ0) is 12.1. The molecule has 0 radical (unpaired) electrons. The molecule has 1 N–H and O–H groups in total. The molecule has 16 heavy (non-hydrogen) atoms. The van der Waals surface area contributed by atoms with Gasteiger partial charge in [-0.05, 0) is 13.8 Å². The molecule has 0 aliphatic rings. The number of aryl methyl sites for hydroxylation is 1. The van der Waals surface area contributed by atoms with E-state index in [9.17, 15) is 4.79 Å². The maximum absolute atomic E-state index is 10.8. The molecule has 0 spiro atoms. The van der Waals surface area contributed by atoms with Gasteiger partial charge in [0.15, 0.2) is 6.10 Å². The molecule has 1 aromatic rings. The molecular formula is C10H15ClN2O3. The lowest BCUT2D eigenvalue weighted by atomic mass is 10.2. The van der Waals surface area contributed by atoms with E-state index in [-0.39, 0.29) is 0 Å². The highest BCUT2D eigenvalue weighted by atomic mass is 35.5. The molecule has 0 amide bonds. The molecule has 1 aromatic heterocycles. The number of carboxylic acids is 1. The van der Waals surface area contributed by atoms with Crippen LogP contribution in [0.3, 0.4) is 0 Å². The molecule has 1 unspecified atom stereocenters. The minimum Gasteiger partial charge on any atom is -0.479 e. The van der Waals surface area contributed by atoms with Gasteiger partial charge in [-0.25, -0.2) is 4.79 Å². The van der Waals surface area contributed by atoms with Crippen molar-refractivity contribution in [2.75, 3.05) is 6.61 Å². The Balaban J connectivity index is 2.55. The van der Waals surface area contributed by atoms with Crippen LogP contribution in [0, 0.1) is 6.92 Å². The summed E-state index contributed by atoms with van der Waals surface area (Å²) in [7, 11) is 0. The van der Waals surface area contributed by atoms with Crippen molar-refractivity contribution >= 4 is 17.6 Å². The molecule has 1 atom stereocenters. The first-order chi connectivity index (χ1) is 7.56. The zero-order valence-electron chi connectivity index (χ0n) is 9.31. The summed E-state index contributed by atoms with van der Waals surface area (Å²) in [5.74, 6) is -0.947. The number of rotatable bonds is 6. The molecule has 6 heteroatoms. The van der Waals surface area contributed by atoms with Crippen LogP contribution >= 0.6 is 11.6 Å². The Morgan fingerprint density at radius 1 is 1.75 bits per heavy atom. The second-order valence-corrected chi connectivity index (χ2v) is 3.78. The summed E-state index contributed by atoms with van der Waals surface area (Å²) < 4.78 is 6.78. The van der Waals surface area contributed by atoms with Crippen LogP contribution in [0.25, 0.3) is 0 Å². The van der Waals surface area contributed by atoms with Gasteiger partial charge in [0.2, 0.25) is 0 Å². The van der Waals surface area contributed by atoms with Crippen molar-refractivity contribution in [2.45, 2.75) is 32.9 Å². The SMILES string of the molecule is CCOC(CCn1ncc(Cl)c1C)C(=O)O. The van der Waals surface area contributed by atoms with E-state index in [1.165, 1.54) is 0 Å². The number of carbonyl (C=O) groups is 1. The predicted octanol–water partition coefficient (Wildman–Crippen LogP) is 1.72. The summed E-state index contributed by atoms with van der Waals surface area (Å²) in [6, 6.07) is 0. The van der Waals surface area contributed by atoms with E-state index < -0.39 is 12.1 Å². The molecular weight excluding hydrogens is 232 g/mol. The van der Waals surface area contributed by atoms with E-state index in [0.717, 1.165) is 5.69 Å². The Kier molecular flexibility index (Phi) is 4.76. The maximum Gasteiger partial charge on any atom is 0.332 e. The van der Waals surface area contributed by atoms with Gasteiger partial charge >= 0.3 is 5.97 Å². The molecule has 5 nitrogen and oxygen atoms in total. The molecule has 1 heterocycles. The quantitative estimate of drug-likeness (QED) is 0.830. The van der Waals surface area contributed by atoms with Crippen LogP contribution in [0.4, 0.5) is 0 Å². The van der Waals surface area contributed by atoms with Crippen molar-refractivity contribution in [2.24, 2.45) is 0 Å². The van der Waals surface area contributed by atoms with Crippen molar-refractivity contribution in [1.82, 2.24) is 9.78 Å². The number of ether oxygens (including phenoxy) is 1. The summed E-state index contributed by atoms with van der Waals surface area (Å²) in [6.45, 7) is 4.48. The Labute approximate surface area is 99.0 Å². The lowest BCUT2D eigenvalue weighted by molar-refractivity contribution is -0.150. The molecule has 90 valence electrons. The van der Waals surface area contributed by atoms with Gasteiger partial charge in [0.1, 0.15) is 0 Å². The third-order valence-electron chi connectivity index (χ3n) is 2.29. The molecule has 0 aliphatic heterocycles. The predicted molar refractivity (Wildman–Crippen MR) is 59.6 cm³/mol. The summed E-state index contributed by atoms with van der Waals surface area (Å²) in [4.78, 5) is 10.8. The highest BCUT2D eigenvalue weighted by Gasteiger charge is 2.17. The van der Waals surface area contributed by atoms with Crippen LogP contribution in [0.2, 0.25) is 5.02 Å². The molecule has 0 saturated heterocycles. The summed E-state index contributed by atoms with van der Waals surface area (Å²) in [5, 5.41) is 13.5. The van der Waals surface area contributed by atoms with E-state index in [1.54, 1.807) is 17.8 Å². The van der Waals surface area contributed by atoms with Gasteiger partial charge in [-0.15, -0.1) is 0 Å². The summed E-state index contributed by atoms with van der Waals surface area (Å²) >= 11 is 5.84. The average Bonchev–Trinajstić information content (AvgIpc) is 2.55. The second kappa shape index (κ2) is 5.86. The molecule has 0 fully saturated rings. The van der Waals surface area contributed by atoms with Gasteiger partial charge in [-0.2, -0.15) is 5.10 Å². The lowest BCUT2D eigenvalue weighted by Crippen LogP contribution is -2.25. The number of aromatic nitrogens is 2. The van der Waals surface area contributed by atoms with E-state index in [2.05, 4.69) is 5.10 Å². The molecule has 1 rings (SSSR count). The minimum atomic E-state index is -0.947. The van der Waals surface area contributed by atoms with E-state index >= 15 is 0 Å². The monoisotopic (exact) mass is 246 g/mol. The third kappa shape index (κ3) is 3.21. The van der Waals surface area contributed by atoms with Gasteiger partial charge in [0.25, 0.3) is 0 Å². The van der Waals surface area contributed by atoms with Gasteiger partial charge < -0.3 is 9.84 Å². The normalized spacial score (nSPS) is 12.7. The zero-order valence-corrected chi connectivity index (χ0v) is 10.1. The molecule has 0 saturated carbocycles. The van der Waals surface area contributed by atoms with Crippen molar-refractivity contribution in [1.29, 1.82) is 0 Å². The Bertz CT molecular complexity index is 365. The topological polar surface area (TPSA) is 64.4 Å². The van der Waals surface area contributed by atoms with Crippen LogP contribution in [0.5, 0.6) is 0 Å². The van der Waals surface area contributed by atoms with Crippen molar-refractivity contribution in [3.05, 3.63) is 16.9 Å². The first kappa shape index (κ1) is 13.0. The molecule has 0 aromatic carbocycles. The fourth-order valence-electron chi connectivity index (χ4n) is 1.37. The Hall–Kier alpha value is -1.07. The number of halogens is 1.